The summed E-state index contributed by atoms with van der Waals surface area (Å²) in [4.78, 5) is 13.4. The summed E-state index contributed by atoms with van der Waals surface area (Å²) >= 11 is 0.693. The first kappa shape index (κ1) is 14.8. The lowest BCUT2D eigenvalue weighted by atomic mass is 10.0. The Morgan fingerprint density at radius 2 is 1.90 bits per heavy atom. The molecule has 1 heterocycles. The van der Waals surface area contributed by atoms with Crippen molar-refractivity contribution in [1.29, 1.82) is 0 Å². The van der Waals surface area contributed by atoms with Crippen LogP contribution in [-0.4, -0.2) is 13.4 Å². The van der Waals surface area contributed by atoms with Gasteiger partial charge in [-0.2, -0.15) is 0 Å². The van der Waals surface area contributed by atoms with Gasteiger partial charge in [0.2, 0.25) is 0 Å². The van der Waals surface area contributed by atoms with Gasteiger partial charge in [-0.25, -0.2) is 8.42 Å². The summed E-state index contributed by atoms with van der Waals surface area (Å²) in [6.45, 7) is 5.56. The highest BCUT2D eigenvalue weighted by atomic mass is 32.2. The average Bonchev–Trinajstić information content (AvgIpc) is 2.69. The third-order valence-corrected chi connectivity index (χ3v) is 5.82. The highest BCUT2D eigenvalue weighted by Crippen LogP contribution is 2.27. The molecular weight excluding hydrogens is 296 g/mol. The molecule has 0 saturated heterocycles. The van der Waals surface area contributed by atoms with E-state index in [4.69, 9.17) is 0 Å². The molecule has 7 heteroatoms. The van der Waals surface area contributed by atoms with Gasteiger partial charge >= 0.3 is 4.87 Å². The third kappa shape index (κ3) is 2.94. The molecular formula is C13H16N2O3S2. The molecule has 0 atom stereocenters. The number of rotatable bonds is 4. The summed E-state index contributed by atoms with van der Waals surface area (Å²) in [5.74, 6) is 0.194. The van der Waals surface area contributed by atoms with E-state index in [0.29, 0.717) is 22.7 Å². The zero-order valence-electron chi connectivity index (χ0n) is 11.4. The predicted octanol–water partition coefficient (Wildman–Crippen LogP) is 2.67. The minimum absolute atomic E-state index is 0.0288. The average molecular weight is 312 g/mol. The molecule has 2 N–H and O–H groups in total. The molecule has 1 aromatic heterocycles. The van der Waals surface area contributed by atoms with Gasteiger partial charge in [0.05, 0.1) is 5.69 Å². The molecule has 0 fully saturated rings. The van der Waals surface area contributed by atoms with E-state index < -0.39 is 10.0 Å². The monoisotopic (exact) mass is 312 g/mol. The van der Waals surface area contributed by atoms with E-state index in [0.717, 1.165) is 5.56 Å². The van der Waals surface area contributed by atoms with Crippen LogP contribution in [0.25, 0.3) is 0 Å². The molecule has 2 rings (SSSR count). The maximum atomic E-state index is 12.4. The summed E-state index contributed by atoms with van der Waals surface area (Å²) in [5, 5.41) is 0. The Morgan fingerprint density at radius 1 is 1.25 bits per heavy atom. The first-order chi connectivity index (χ1) is 9.31. The molecule has 0 amide bonds. The lowest BCUT2D eigenvalue weighted by Crippen LogP contribution is -2.14. The lowest BCUT2D eigenvalue weighted by molar-refractivity contribution is 0.602. The van der Waals surface area contributed by atoms with E-state index in [1.165, 1.54) is 0 Å². The number of aryl methyl sites for hydroxylation is 1. The normalized spacial score (nSPS) is 11.8. The van der Waals surface area contributed by atoms with E-state index in [-0.39, 0.29) is 15.0 Å². The van der Waals surface area contributed by atoms with Crippen LogP contribution in [0.1, 0.15) is 31.0 Å². The molecule has 0 spiro atoms. The van der Waals surface area contributed by atoms with Gasteiger partial charge in [-0.1, -0.05) is 43.4 Å². The second kappa shape index (κ2) is 5.41. The van der Waals surface area contributed by atoms with Gasteiger partial charge in [0, 0.05) is 5.69 Å². The Labute approximate surface area is 121 Å². The summed E-state index contributed by atoms with van der Waals surface area (Å²) in [6.07, 6.45) is 0. The predicted molar refractivity (Wildman–Crippen MR) is 81.0 cm³/mol. The quantitative estimate of drug-likeness (QED) is 0.911. The van der Waals surface area contributed by atoms with Gasteiger partial charge < -0.3 is 4.98 Å². The second-order valence-electron chi connectivity index (χ2n) is 4.77. The molecule has 1 aromatic carbocycles. The number of sulfonamides is 1. The largest absolute Gasteiger partial charge is 0.315 e. The van der Waals surface area contributed by atoms with Crippen LogP contribution in [0.4, 0.5) is 5.69 Å². The molecule has 0 bridgehead atoms. The highest BCUT2D eigenvalue weighted by Gasteiger charge is 2.22. The summed E-state index contributed by atoms with van der Waals surface area (Å²) in [5.41, 5.74) is 1.81. The number of H-pyrrole nitrogens is 1. The van der Waals surface area contributed by atoms with Gasteiger partial charge in [0.15, 0.2) is 4.21 Å². The number of para-hydroxylation sites is 1. The van der Waals surface area contributed by atoms with Crippen molar-refractivity contribution in [3.05, 3.63) is 45.2 Å². The van der Waals surface area contributed by atoms with Gasteiger partial charge in [-0.3, -0.25) is 9.52 Å². The van der Waals surface area contributed by atoms with E-state index in [9.17, 15) is 13.2 Å². The molecule has 0 aliphatic carbocycles. The van der Waals surface area contributed by atoms with E-state index in [1.54, 1.807) is 19.1 Å². The molecule has 0 aliphatic rings. The van der Waals surface area contributed by atoms with Crippen molar-refractivity contribution in [3.63, 3.8) is 0 Å². The molecule has 0 saturated carbocycles. The Bertz CT molecular complexity index is 773. The first-order valence-electron chi connectivity index (χ1n) is 6.12. The second-order valence-corrected chi connectivity index (χ2v) is 7.64. The van der Waals surface area contributed by atoms with Crippen LogP contribution in [-0.2, 0) is 10.0 Å². The summed E-state index contributed by atoms with van der Waals surface area (Å²) < 4.78 is 27.3. The SMILES string of the molecule is Cc1[nH]c(=O)sc1S(=O)(=O)Nc1ccccc1C(C)C. The van der Waals surface area contributed by atoms with Gasteiger partial charge in [-0.05, 0) is 24.5 Å². The fraction of sp³-hybridized carbons (Fsp3) is 0.308. The maximum absolute atomic E-state index is 12.4. The number of aromatic amines is 1. The van der Waals surface area contributed by atoms with Crippen molar-refractivity contribution in [2.75, 3.05) is 4.72 Å². The number of anilines is 1. The maximum Gasteiger partial charge on any atom is 0.306 e. The van der Waals surface area contributed by atoms with E-state index >= 15 is 0 Å². The Balaban J connectivity index is 2.44. The fourth-order valence-electron chi connectivity index (χ4n) is 1.93. The smallest absolute Gasteiger partial charge is 0.306 e. The van der Waals surface area contributed by atoms with Crippen LogP contribution < -0.4 is 9.60 Å². The number of hydrogen-bond donors (Lipinski definition) is 2. The minimum atomic E-state index is -3.74. The molecule has 5 nitrogen and oxygen atoms in total. The highest BCUT2D eigenvalue weighted by molar-refractivity contribution is 7.94. The fourth-order valence-corrected chi connectivity index (χ4v) is 4.32. The van der Waals surface area contributed by atoms with Crippen molar-refractivity contribution < 1.29 is 8.42 Å². The van der Waals surface area contributed by atoms with Crippen LogP contribution in [0, 0.1) is 6.92 Å². The van der Waals surface area contributed by atoms with Crippen molar-refractivity contribution in [3.8, 4) is 0 Å². The van der Waals surface area contributed by atoms with Gasteiger partial charge in [0.1, 0.15) is 0 Å². The van der Waals surface area contributed by atoms with Gasteiger partial charge in [-0.15, -0.1) is 0 Å². The molecule has 108 valence electrons. The van der Waals surface area contributed by atoms with Crippen molar-refractivity contribution in [1.82, 2.24) is 4.98 Å². The Morgan fingerprint density at radius 3 is 2.45 bits per heavy atom. The number of thiazole rings is 1. The van der Waals surface area contributed by atoms with E-state index in [2.05, 4.69) is 9.71 Å². The van der Waals surface area contributed by atoms with Gasteiger partial charge in [0.25, 0.3) is 10.0 Å². The first-order valence-corrected chi connectivity index (χ1v) is 8.42. The molecule has 0 aliphatic heterocycles. The zero-order chi connectivity index (χ0) is 14.9. The number of nitrogens with one attached hydrogen (secondary N) is 2. The van der Waals surface area contributed by atoms with Crippen LogP contribution in [0.5, 0.6) is 0 Å². The van der Waals surface area contributed by atoms with Crippen LogP contribution in [0.2, 0.25) is 0 Å². The van der Waals surface area contributed by atoms with Crippen LogP contribution in [0.15, 0.2) is 33.3 Å². The Kier molecular flexibility index (Phi) is 4.01. The van der Waals surface area contributed by atoms with Crippen LogP contribution in [0.3, 0.4) is 0 Å². The molecule has 20 heavy (non-hydrogen) atoms. The van der Waals surface area contributed by atoms with Crippen molar-refractivity contribution in [2.24, 2.45) is 0 Å². The zero-order valence-corrected chi connectivity index (χ0v) is 13.1. The molecule has 0 unspecified atom stereocenters. The van der Waals surface area contributed by atoms with Crippen molar-refractivity contribution in [2.45, 2.75) is 30.9 Å². The van der Waals surface area contributed by atoms with Crippen molar-refractivity contribution >= 4 is 27.0 Å². The lowest BCUT2D eigenvalue weighted by Gasteiger charge is -2.14. The number of aromatic nitrogens is 1. The topological polar surface area (TPSA) is 79.0 Å². The molecule has 2 aromatic rings. The third-order valence-electron chi connectivity index (χ3n) is 2.85. The standard InChI is InChI=1S/C13H16N2O3S2/c1-8(2)10-6-4-5-7-11(10)15-20(17,18)12-9(3)14-13(16)19-12/h4-8,15H,1-3H3,(H,14,16). The summed E-state index contributed by atoms with van der Waals surface area (Å²) in [6, 6.07) is 7.25. The number of hydrogen-bond acceptors (Lipinski definition) is 4. The molecule has 0 radical (unpaired) electrons. The minimum Gasteiger partial charge on any atom is -0.315 e. The van der Waals surface area contributed by atoms with Crippen LogP contribution >= 0.6 is 11.3 Å². The van der Waals surface area contributed by atoms with E-state index in [1.807, 2.05) is 26.0 Å². The number of benzene rings is 1. The summed E-state index contributed by atoms with van der Waals surface area (Å²) in [7, 11) is -3.74. The Hall–Kier alpha value is -1.60.